The lowest BCUT2D eigenvalue weighted by Gasteiger charge is -2.24. The van der Waals surface area contributed by atoms with E-state index in [1.165, 1.54) is 0 Å². The second-order valence-corrected chi connectivity index (χ2v) is 5.75. The molecule has 0 aliphatic carbocycles. The Bertz CT molecular complexity index is 400. The average Bonchev–Trinajstić information content (AvgIpc) is 2.37. The Kier molecular flexibility index (Phi) is 5.76. The van der Waals surface area contributed by atoms with Crippen LogP contribution in [-0.4, -0.2) is 36.9 Å². The van der Waals surface area contributed by atoms with Crippen molar-refractivity contribution in [3.8, 4) is 0 Å². The number of aromatic nitrogens is 1. The van der Waals surface area contributed by atoms with E-state index in [0.717, 1.165) is 30.2 Å². The Morgan fingerprint density at radius 3 is 2.53 bits per heavy atom. The third-order valence-corrected chi connectivity index (χ3v) is 2.99. The molecular weight excluding hydrogens is 240 g/mol. The summed E-state index contributed by atoms with van der Waals surface area (Å²) in [6.07, 6.45) is 0. The Hall–Kier alpha value is -1.13. The van der Waals surface area contributed by atoms with E-state index < -0.39 is 0 Å². The first-order chi connectivity index (χ1) is 8.88. The molecule has 1 aromatic rings. The molecule has 0 saturated heterocycles. The van der Waals surface area contributed by atoms with Crippen molar-refractivity contribution in [1.82, 2.24) is 4.98 Å². The number of likely N-dealkylation sites (N-methyl/N-ethyl adjacent to an activating group) is 1. The second-order valence-electron chi connectivity index (χ2n) is 5.75. The highest BCUT2D eigenvalue weighted by Gasteiger charge is 2.18. The summed E-state index contributed by atoms with van der Waals surface area (Å²) in [4.78, 5) is 6.75. The Morgan fingerprint density at radius 2 is 2.00 bits per heavy atom. The molecule has 4 nitrogen and oxygen atoms in total. The van der Waals surface area contributed by atoms with Gasteiger partial charge in [0.1, 0.15) is 5.82 Å². The molecule has 1 rings (SSSR count). The van der Waals surface area contributed by atoms with Gasteiger partial charge >= 0.3 is 0 Å². The summed E-state index contributed by atoms with van der Waals surface area (Å²) < 4.78 is 5.36. The number of rotatable bonds is 6. The minimum Gasteiger partial charge on any atom is -0.392 e. The predicted molar refractivity (Wildman–Crippen MR) is 78.6 cm³/mol. The molecule has 0 atom stereocenters. The average molecular weight is 266 g/mol. The molecule has 0 fully saturated rings. The third-order valence-electron chi connectivity index (χ3n) is 2.99. The summed E-state index contributed by atoms with van der Waals surface area (Å²) in [6.45, 7) is 10.6. The van der Waals surface area contributed by atoms with Gasteiger partial charge in [0.15, 0.2) is 0 Å². The number of aliphatic hydroxyl groups excluding tert-OH is 1. The molecule has 4 heteroatoms. The number of nitrogens with zero attached hydrogens (tertiary/aromatic N) is 2. The van der Waals surface area contributed by atoms with Gasteiger partial charge in [0, 0.05) is 31.3 Å². The molecule has 0 radical (unpaired) electrons. The van der Waals surface area contributed by atoms with Gasteiger partial charge < -0.3 is 14.7 Å². The smallest absolute Gasteiger partial charge is 0.129 e. The van der Waals surface area contributed by atoms with Gasteiger partial charge in [-0.2, -0.15) is 0 Å². The number of hydrogen-bond acceptors (Lipinski definition) is 4. The highest BCUT2D eigenvalue weighted by atomic mass is 16.5. The number of pyridine rings is 1. The standard InChI is InChI=1S/C15H26N2O2/c1-6-19-8-7-17(5)14-10-12(11-18)9-13(16-14)15(2,3)4/h9-10,18H,6-8,11H2,1-5H3. The van der Waals surface area contributed by atoms with Gasteiger partial charge in [-0.25, -0.2) is 4.98 Å². The summed E-state index contributed by atoms with van der Waals surface area (Å²) in [5.41, 5.74) is 1.87. The topological polar surface area (TPSA) is 45.6 Å². The van der Waals surface area contributed by atoms with Crippen LogP contribution in [0.1, 0.15) is 39.0 Å². The maximum Gasteiger partial charge on any atom is 0.129 e. The first-order valence-electron chi connectivity index (χ1n) is 6.79. The first kappa shape index (κ1) is 15.9. The third kappa shape index (κ3) is 4.80. The van der Waals surface area contributed by atoms with Gasteiger partial charge in [-0.05, 0) is 24.6 Å². The van der Waals surface area contributed by atoms with Crippen molar-refractivity contribution in [2.45, 2.75) is 39.7 Å². The van der Waals surface area contributed by atoms with Crippen molar-refractivity contribution in [3.63, 3.8) is 0 Å². The molecule has 1 heterocycles. The van der Waals surface area contributed by atoms with Crippen molar-refractivity contribution < 1.29 is 9.84 Å². The van der Waals surface area contributed by atoms with E-state index in [1.54, 1.807) is 0 Å². The summed E-state index contributed by atoms with van der Waals surface area (Å²) >= 11 is 0. The summed E-state index contributed by atoms with van der Waals surface area (Å²) in [6, 6.07) is 3.90. The molecule has 0 aliphatic rings. The minimum absolute atomic E-state index is 0.0271. The highest BCUT2D eigenvalue weighted by molar-refractivity contribution is 5.43. The quantitative estimate of drug-likeness (QED) is 0.803. The zero-order valence-electron chi connectivity index (χ0n) is 12.7. The van der Waals surface area contributed by atoms with Crippen molar-refractivity contribution >= 4 is 5.82 Å². The minimum atomic E-state index is -0.0271. The van der Waals surface area contributed by atoms with E-state index in [0.29, 0.717) is 6.61 Å². The normalized spacial score (nSPS) is 11.7. The molecule has 0 spiro atoms. The molecule has 0 bridgehead atoms. The van der Waals surface area contributed by atoms with Gasteiger partial charge in [0.2, 0.25) is 0 Å². The molecule has 1 N–H and O–H groups in total. The van der Waals surface area contributed by atoms with Gasteiger partial charge in [0.25, 0.3) is 0 Å². The molecule has 19 heavy (non-hydrogen) atoms. The fraction of sp³-hybridized carbons (Fsp3) is 0.667. The molecule has 0 aromatic carbocycles. The number of ether oxygens (including phenoxy) is 1. The van der Waals surface area contributed by atoms with Crippen LogP contribution in [0.2, 0.25) is 0 Å². The van der Waals surface area contributed by atoms with E-state index in [-0.39, 0.29) is 12.0 Å². The number of anilines is 1. The largest absolute Gasteiger partial charge is 0.392 e. The maximum atomic E-state index is 9.38. The monoisotopic (exact) mass is 266 g/mol. The van der Waals surface area contributed by atoms with Gasteiger partial charge in [-0.1, -0.05) is 20.8 Å². The van der Waals surface area contributed by atoms with Crippen LogP contribution < -0.4 is 4.90 Å². The van der Waals surface area contributed by atoms with E-state index >= 15 is 0 Å². The lowest BCUT2D eigenvalue weighted by molar-refractivity contribution is 0.154. The van der Waals surface area contributed by atoms with Crippen LogP contribution in [0.4, 0.5) is 5.82 Å². The lowest BCUT2D eigenvalue weighted by atomic mass is 9.91. The van der Waals surface area contributed by atoms with Crippen LogP contribution in [0.25, 0.3) is 0 Å². The molecule has 1 aromatic heterocycles. The van der Waals surface area contributed by atoms with Crippen LogP contribution in [0, 0.1) is 0 Å². The van der Waals surface area contributed by atoms with E-state index in [1.807, 2.05) is 26.1 Å². The van der Waals surface area contributed by atoms with Crippen molar-refractivity contribution in [2.75, 3.05) is 31.7 Å². The van der Waals surface area contributed by atoms with Gasteiger partial charge in [-0.3, -0.25) is 0 Å². The van der Waals surface area contributed by atoms with E-state index in [2.05, 4.69) is 25.7 Å². The zero-order chi connectivity index (χ0) is 14.5. The van der Waals surface area contributed by atoms with Gasteiger partial charge in [-0.15, -0.1) is 0 Å². The van der Waals surface area contributed by atoms with Crippen LogP contribution in [-0.2, 0) is 16.8 Å². The first-order valence-corrected chi connectivity index (χ1v) is 6.79. The van der Waals surface area contributed by atoms with Gasteiger partial charge in [0.05, 0.1) is 13.2 Å². The zero-order valence-corrected chi connectivity index (χ0v) is 12.7. The molecule has 0 amide bonds. The Balaban J connectivity index is 2.93. The maximum absolute atomic E-state index is 9.38. The Labute approximate surface area is 116 Å². The fourth-order valence-electron chi connectivity index (χ4n) is 1.70. The van der Waals surface area contributed by atoms with Crippen LogP contribution in [0.15, 0.2) is 12.1 Å². The molecule has 0 aliphatic heterocycles. The predicted octanol–water partition coefficient (Wildman–Crippen LogP) is 2.34. The van der Waals surface area contributed by atoms with Crippen LogP contribution in [0.5, 0.6) is 0 Å². The lowest BCUT2D eigenvalue weighted by Crippen LogP contribution is -2.25. The molecule has 0 unspecified atom stereocenters. The number of aliphatic hydroxyl groups is 1. The SMILES string of the molecule is CCOCCN(C)c1cc(CO)cc(C(C)(C)C)n1. The van der Waals surface area contributed by atoms with Crippen LogP contribution in [0.3, 0.4) is 0 Å². The van der Waals surface area contributed by atoms with Crippen LogP contribution >= 0.6 is 0 Å². The Morgan fingerprint density at radius 1 is 1.32 bits per heavy atom. The van der Waals surface area contributed by atoms with Crippen molar-refractivity contribution in [1.29, 1.82) is 0 Å². The molecule has 0 saturated carbocycles. The molecular formula is C15H26N2O2. The van der Waals surface area contributed by atoms with E-state index in [9.17, 15) is 5.11 Å². The summed E-state index contributed by atoms with van der Waals surface area (Å²) in [5.74, 6) is 0.885. The highest BCUT2D eigenvalue weighted by Crippen LogP contribution is 2.24. The van der Waals surface area contributed by atoms with Crippen molar-refractivity contribution in [3.05, 3.63) is 23.4 Å². The summed E-state index contributed by atoms with van der Waals surface area (Å²) in [7, 11) is 1.99. The molecule has 108 valence electrons. The second kappa shape index (κ2) is 6.87. The fourth-order valence-corrected chi connectivity index (χ4v) is 1.70. The van der Waals surface area contributed by atoms with E-state index in [4.69, 9.17) is 9.72 Å². The summed E-state index contributed by atoms with van der Waals surface area (Å²) in [5, 5.41) is 9.38. The number of hydrogen-bond donors (Lipinski definition) is 1. The van der Waals surface area contributed by atoms with Crippen molar-refractivity contribution in [2.24, 2.45) is 0 Å².